The third-order valence-corrected chi connectivity index (χ3v) is 8.75. The molecule has 2 aromatic rings. The Hall–Kier alpha value is -2.98. The Labute approximate surface area is 237 Å². The maximum atomic E-state index is 14.1. The van der Waals surface area contributed by atoms with Gasteiger partial charge in [-0.3, -0.25) is 9.59 Å². The van der Waals surface area contributed by atoms with E-state index in [1.807, 2.05) is 12.1 Å². The number of ether oxygens (including phenoxy) is 1. The molecule has 40 heavy (non-hydrogen) atoms. The summed E-state index contributed by atoms with van der Waals surface area (Å²) in [5.74, 6) is -1.16. The number of aliphatic hydroxyl groups is 1. The lowest BCUT2D eigenvalue weighted by atomic mass is 9.89. The molecule has 2 amide bonds. The number of piperidine rings is 1. The van der Waals surface area contributed by atoms with Crippen LogP contribution >= 0.6 is 11.6 Å². The number of nitrogens with zero attached hydrogens (tertiary/aromatic N) is 3. The zero-order valence-electron chi connectivity index (χ0n) is 23.1. The molecule has 4 rings (SSSR count). The molecular weight excluding hydrogens is 547 g/mol. The smallest absolute Gasteiger partial charge is 0.430 e. The van der Waals surface area contributed by atoms with E-state index in [0.29, 0.717) is 22.9 Å². The van der Waals surface area contributed by atoms with E-state index in [1.54, 1.807) is 20.2 Å². The van der Waals surface area contributed by atoms with Gasteiger partial charge in [-0.15, -0.1) is 0 Å². The Morgan fingerprint density at radius 1 is 1.12 bits per heavy atom. The van der Waals surface area contributed by atoms with Gasteiger partial charge in [0.1, 0.15) is 5.75 Å². The van der Waals surface area contributed by atoms with Crippen molar-refractivity contribution < 1.29 is 32.6 Å². The number of rotatable bonds is 8. The van der Waals surface area contributed by atoms with Crippen molar-refractivity contribution >= 4 is 29.1 Å². The molecule has 1 aliphatic heterocycles. The van der Waals surface area contributed by atoms with Gasteiger partial charge in [-0.2, -0.15) is 13.2 Å². The standard InChI is InChI=1S/C29H35ClF3N3O4/c1-34(2)25(37)23-9-8-21(17-24(23)30)36-14-11-27(12-15-36)18-20(27)10-13-35(3)26(38)28(39,29(31,32)33)19-6-5-7-22(16-19)40-4/h5-9,16-17,20,39H,10-15,18H2,1-4H3/t20?,28-/m1/s1. The normalized spacial score (nSPS) is 19.6. The maximum Gasteiger partial charge on any atom is 0.430 e. The average molecular weight is 582 g/mol. The number of carbonyl (C=O) groups is 2. The number of anilines is 1. The molecule has 1 N–H and O–H groups in total. The largest absolute Gasteiger partial charge is 0.497 e. The number of methoxy groups -OCH3 is 1. The minimum absolute atomic E-state index is 0.105. The van der Waals surface area contributed by atoms with E-state index in [9.17, 15) is 27.9 Å². The van der Waals surface area contributed by atoms with Crippen LogP contribution in [0.3, 0.4) is 0 Å². The molecule has 1 unspecified atom stereocenters. The highest BCUT2D eigenvalue weighted by atomic mass is 35.5. The molecule has 2 atom stereocenters. The quantitative estimate of drug-likeness (QED) is 0.477. The molecule has 11 heteroatoms. The van der Waals surface area contributed by atoms with Gasteiger partial charge < -0.3 is 24.5 Å². The van der Waals surface area contributed by atoms with Gasteiger partial charge in [0.2, 0.25) is 0 Å². The first-order chi connectivity index (χ1) is 18.7. The third-order valence-electron chi connectivity index (χ3n) is 8.44. The van der Waals surface area contributed by atoms with Crippen molar-refractivity contribution in [2.75, 3.05) is 52.8 Å². The predicted molar refractivity (Wildman–Crippen MR) is 147 cm³/mol. The second-order valence-corrected chi connectivity index (χ2v) is 11.5. The summed E-state index contributed by atoms with van der Waals surface area (Å²) in [7, 11) is 5.95. The molecule has 1 saturated heterocycles. The van der Waals surface area contributed by atoms with Crippen LogP contribution in [0.25, 0.3) is 0 Å². The van der Waals surface area contributed by atoms with Crippen LogP contribution in [-0.2, 0) is 10.4 Å². The first-order valence-electron chi connectivity index (χ1n) is 13.2. The summed E-state index contributed by atoms with van der Waals surface area (Å²) < 4.78 is 47.2. The van der Waals surface area contributed by atoms with E-state index in [4.69, 9.17) is 16.3 Å². The lowest BCUT2D eigenvalue weighted by Gasteiger charge is -2.35. The molecule has 1 saturated carbocycles. The van der Waals surface area contributed by atoms with Crippen LogP contribution in [0.4, 0.5) is 18.9 Å². The highest BCUT2D eigenvalue weighted by Gasteiger charge is 2.62. The minimum Gasteiger partial charge on any atom is -0.497 e. The Bertz CT molecular complexity index is 1260. The van der Waals surface area contributed by atoms with Crippen molar-refractivity contribution in [1.82, 2.24) is 9.80 Å². The van der Waals surface area contributed by atoms with Crippen LogP contribution in [0.5, 0.6) is 5.75 Å². The zero-order valence-corrected chi connectivity index (χ0v) is 23.8. The number of amides is 2. The number of hydrogen-bond donors (Lipinski definition) is 1. The number of likely N-dealkylation sites (N-methyl/N-ethyl adjacent to an activating group) is 1. The van der Waals surface area contributed by atoms with Gasteiger partial charge in [-0.25, -0.2) is 0 Å². The van der Waals surface area contributed by atoms with Gasteiger partial charge in [0, 0.05) is 52.0 Å². The molecule has 2 aromatic carbocycles. The van der Waals surface area contributed by atoms with Crippen LogP contribution in [0.15, 0.2) is 42.5 Å². The van der Waals surface area contributed by atoms with Crippen LogP contribution in [-0.4, -0.2) is 80.8 Å². The zero-order chi connectivity index (χ0) is 29.5. The highest BCUT2D eigenvalue weighted by Crippen LogP contribution is 2.61. The van der Waals surface area contributed by atoms with Gasteiger partial charge in [-0.1, -0.05) is 23.7 Å². The number of alkyl halides is 3. The van der Waals surface area contributed by atoms with Gasteiger partial charge in [-0.05, 0) is 67.3 Å². The van der Waals surface area contributed by atoms with Gasteiger partial charge in [0.25, 0.3) is 17.4 Å². The van der Waals surface area contributed by atoms with E-state index in [0.717, 1.165) is 55.1 Å². The topological polar surface area (TPSA) is 73.3 Å². The minimum atomic E-state index is -5.21. The number of hydrogen-bond acceptors (Lipinski definition) is 5. The molecule has 2 aliphatic rings. The monoisotopic (exact) mass is 581 g/mol. The van der Waals surface area contributed by atoms with E-state index < -0.39 is 23.2 Å². The van der Waals surface area contributed by atoms with Crippen molar-refractivity contribution in [3.8, 4) is 5.75 Å². The van der Waals surface area contributed by atoms with Crippen molar-refractivity contribution in [1.29, 1.82) is 0 Å². The van der Waals surface area contributed by atoms with Crippen molar-refractivity contribution in [3.05, 3.63) is 58.6 Å². The first-order valence-corrected chi connectivity index (χ1v) is 13.6. The number of carbonyl (C=O) groups excluding carboxylic acids is 2. The summed E-state index contributed by atoms with van der Waals surface area (Å²) in [4.78, 5) is 30.0. The summed E-state index contributed by atoms with van der Waals surface area (Å²) >= 11 is 6.39. The number of benzene rings is 2. The van der Waals surface area contributed by atoms with Crippen LogP contribution in [0.2, 0.25) is 5.02 Å². The summed E-state index contributed by atoms with van der Waals surface area (Å²) in [5.41, 5.74) is -2.74. The van der Waals surface area contributed by atoms with Gasteiger partial charge in [0.05, 0.1) is 17.7 Å². The Balaban J connectivity index is 1.35. The van der Waals surface area contributed by atoms with E-state index in [1.165, 1.54) is 31.2 Å². The summed E-state index contributed by atoms with van der Waals surface area (Å²) in [6.45, 7) is 1.70. The third kappa shape index (κ3) is 5.61. The molecule has 1 spiro atoms. The Morgan fingerprint density at radius 2 is 1.80 bits per heavy atom. The predicted octanol–water partition coefficient (Wildman–Crippen LogP) is 4.96. The molecule has 0 bridgehead atoms. The Morgan fingerprint density at radius 3 is 2.38 bits per heavy atom. The molecular formula is C29H35ClF3N3O4. The fourth-order valence-corrected chi connectivity index (χ4v) is 6.02. The fraction of sp³-hybridized carbons (Fsp3) is 0.517. The number of halogens is 4. The molecule has 1 aliphatic carbocycles. The summed E-state index contributed by atoms with van der Waals surface area (Å²) in [6, 6.07) is 10.3. The van der Waals surface area contributed by atoms with Crippen molar-refractivity contribution in [2.24, 2.45) is 11.3 Å². The highest BCUT2D eigenvalue weighted by molar-refractivity contribution is 6.34. The molecule has 1 heterocycles. The SMILES string of the molecule is COc1cccc([C@@](O)(C(=O)N(C)CCC2CC23CCN(c2ccc(C(=O)N(C)C)c(Cl)c2)CC3)C(F)(F)F)c1. The van der Waals surface area contributed by atoms with Crippen LogP contribution < -0.4 is 9.64 Å². The first kappa shape index (κ1) is 30.0. The van der Waals surface area contributed by atoms with E-state index in [-0.39, 0.29) is 23.6 Å². The van der Waals surface area contributed by atoms with Crippen LogP contribution in [0, 0.1) is 11.3 Å². The van der Waals surface area contributed by atoms with Crippen LogP contribution in [0.1, 0.15) is 41.6 Å². The fourth-order valence-electron chi connectivity index (χ4n) is 5.76. The van der Waals surface area contributed by atoms with E-state index in [2.05, 4.69) is 4.90 Å². The molecule has 7 nitrogen and oxygen atoms in total. The lowest BCUT2D eigenvalue weighted by molar-refractivity contribution is -0.261. The maximum absolute atomic E-state index is 14.1. The van der Waals surface area contributed by atoms with Gasteiger partial charge in [0.15, 0.2) is 0 Å². The summed E-state index contributed by atoms with van der Waals surface area (Å²) in [5, 5.41) is 11.1. The molecule has 2 fully saturated rings. The second kappa shape index (κ2) is 11.1. The summed E-state index contributed by atoms with van der Waals surface area (Å²) in [6.07, 6.45) is -1.86. The van der Waals surface area contributed by atoms with Gasteiger partial charge >= 0.3 is 6.18 Å². The van der Waals surface area contributed by atoms with Crippen molar-refractivity contribution in [3.63, 3.8) is 0 Å². The molecule has 0 aromatic heterocycles. The average Bonchev–Trinajstić information content (AvgIpc) is 3.60. The Kier molecular flexibility index (Phi) is 8.34. The molecule has 0 radical (unpaired) electrons. The van der Waals surface area contributed by atoms with Crippen molar-refractivity contribution in [2.45, 2.75) is 37.5 Å². The second-order valence-electron chi connectivity index (χ2n) is 11.1. The molecule has 218 valence electrons. The lowest BCUT2D eigenvalue weighted by Crippen LogP contribution is -2.55. The van der Waals surface area contributed by atoms with E-state index >= 15 is 0 Å².